The van der Waals surface area contributed by atoms with Crippen molar-refractivity contribution in [2.24, 2.45) is 0 Å². The summed E-state index contributed by atoms with van der Waals surface area (Å²) >= 11 is 7.49. The summed E-state index contributed by atoms with van der Waals surface area (Å²) in [5.41, 5.74) is 0.772. The number of nitrogens with zero attached hydrogens (tertiary/aromatic N) is 1. The summed E-state index contributed by atoms with van der Waals surface area (Å²) in [5.74, 6) is -1.00. The van der Waals surface area contributed by atoms with Crippen molar-refractivity contribution in [1.82, 2.24) is 4.98 Å². The Bertz CT molecular complexity index is 858. The van der Waals surface area contributed by atoms with Gasteiger partial charge in [-0.3, -0.25) is 0 Å². The van der Waals surface area contributed by atoms with E-state index in [0.717, 1.165) is 15.5 Å². The number of carboxylic acid groups (broad SMARTS) is 1. The maximum atomic E-state index is 11.1. The van der Waals surface area contributed by atoms with Crippen LogP contribution in [0.3, 0.4) is 0 Å². The van der Waals surface area contributed by atoms with Gasteiger partial charge in [-0.15, -0.1) is 0 Å². The van der Waals surface area contributed by atoms with E-state index in [2.05, 4.69) is 10.3 Å². The van der Waals surface area contributed by atoms with Crippen molar-refractivity contribution in [3.63, 3.8) is 0 Å². The number of pyridine rings is 1. The minimum atomic E-state index is -1.26. The molecule has 25 heavy (non-hydrogen) atoms. The summed E-state index contributed by atoms with van der Waals surface area (Å²) in [6.45, 7) is 0. The molecule has 0 fully saturated rings. The molecule has 3 aromatic rings. The molecule has 7 heteroatoms. The third-order valence-electron chi connectivity index (χ3n) is 3.19. The SMILES string of the molecule is O=C([O-])c1cccnc1Nc1ccc(Sc2ccc(Cl)cc2)cc1.[Na+]. The molecule has 0 atom stereocenters. The van der Waals surface area contributed by atoms with E-state index < -0.39 is 5.97 Å². The monoisotopic (exact) mass is 378 g/mol. The molecule has 0 radical (unpaired) electrons. The number of carboxylic acids is 1. The average molecular weight is 379 g/mol. The second kappa shape index (κ2) is 9.27. The van der Waals surface area contributed by atoms with Gasteiger partial charge in [-0.2, -0.15) is 0 Å². The van der Waals surface area contributed by atoms with Crippen LogP contribution in [-0.2, 0) is 0 Å². The Balaban J connectivity index is 0.00000225. The minimum Gasteiger partial charge on any atom is -0.545 e. The Morgan fingerprint density at radius 3 is 2.20 bits per heavy atom. The van der Waals surface area contributed by atoms with E-state index in [1.54, 1.807) is 17.8 Å². The first-order valence-corrected chi connectivity index (χ1v) is 8.28. The van der Waals surface area contributed by atoms with Gasteiger partial charge in [-0.1, -0.05) is 23.4 Å². The molecule has 4 nitrogen and oxygen atoms in total. The Morgan fingerprint density at radius 1 is 1.00 bits per heavy atom. The number of halogens is 1. The van der Waals surface area contributed by atoms with Gasteiger partial charge in [0.15, 0.2) is 0 Å². The van der Waals surface area contributed by atoms with Crippen LogP contribution in [0.15, 0.2) is 76.7 Å². The van der Waals surface area contributed by atoms with E-state index in [1.165, 1.54) is 12.3 Å². The number of carbonyl (C=O) groups excluding carboxylic acids is 1. The maximum absolute atomic E-state index is 11.1. The van der Waals surface area contributed by atoms with Gasteiger partial charge in [0.1, 0.15) is 5.82 Å². The molecular weight excluding hydrogens is 367 g/mol. The van der Waals surface area contributed by atoms with Crippen molar-refractivity contribution < 1.29 is 39.5 Å². The fourth-order valence-electron chi connectivity index (χ4n) is 2.05. The largest absolute Gasteiger partial charge is 1.00 e. The molecule has 0 aliphatic heterocycles. The third kappa shape index (κ3) is 5.49. The second-order valence-corrected chi connectivity index (χ2v) is 6.48. The van der Waals surface area contributed by atoms with Gasteiger partial charge in [0.2, 0.25) is 0 Å². The summed E-state index contributed by atoms with van der Waals surface area (Å²) < 4.78 is 0. The normalized spacial score (nSPS) is 9.96. The van der Waals surface area contributed by atoms with E-state index in [-0.39, 0.29) is 40.9 Å². The smallest absolute Gasteiger partial charge is 0.545 e. The average Bonchev–Trinajstić information content (AvgIpc) is 2.59. The predicted octanol–water partition coefficient (Wildman–Crippen LogP) is 0.997. The Hall–Kier alpha value is -1.50. The van der Waals surface area contributed by atoms with Gasteiger partial charge < -0.3 is 15.2 Å². The van der Waals surface area contributed by atoms with Crippen molar-refractivity contribution in [3.05, 3.63) is 77.4 Å². The first kappa shape index (κ1) is 19.8. The molecule has 3 rings (SSSR count). The van der Waals surface area contributed by atoms with Crippen molar-refractivity contribution in [1.29, 1.82) is 0 Å². The van der Waals surface area contributed by atoms with E-state index in [0.29, 0.717) is 5.02 Å². The summed E-state index contributed by atoms with van der Waals surface area (Å²) in [4.78, 5) is 17.3. The zero-order chi connectivity index (χ0) is 16.9. The molecular formula is C18H12ClN2NaO2S. The third-order valence-corrected chi connectivity index (χ3v) is 4.46. The number of aromatic nitrogens is 1. The number of nitrogens with one attached hydrogen (secondary N) is 1. The van der Waals surface area contributed by atoms with Crippen LogP contribution in [0.25, 0.3) is 0 Å². The number of rotatable bonds is 5. The molecule has 0 aliphatic carbocycles. The molecule has 0 bridgehead atoms. The van der Waals surface area contributed by atoms with Crippen molar-refractivity contribution in [2.75, 3.05) is 5.32 Å². The van der Waals surface area contributed by atoms with Crippen LogP contribution in [0.5, 0.6) is 0 Å². The number of anilines is 2. The van der Waals surface area contributed by atoms with Crippen LogP contribution in [0.2, 0.25) is 5.02 Å². The Morgan fingerprint density at radius 2 is 1.60 bits per heavy atom. The van der Waals surface area contributed by atoms with E-state index in [1.807, 2.05) is 48.5 Å². The van der Waals surface area contributed by atoms with Crippen LogP contribution in [0.1, 0.15) is 10.4 Å². The zero-order valence-electron chi connectivity index (χ0n) is 13.4. The number of aromatic carboxylic acids is 1. The molecule has 0 saturated carbocycles. The molecule has 1 aromatic heterocycles. The fraction of sp³-hybridized carbons (Fsp3) is 0. The van der Waals surface area contributed by atoms with E-state index in [4.69, 9.17) is 11.6 Å². The van der Waals surface area contributed by atoms with Crippen molar-refractivity contribution in [3.8, 4) is 0 Å². The quantitative estimate of drug-likeness (QED) is 0.671. The predicted molar refractivity (Wildman–Crippen MR) is 93.9 cm³/mol. The first-order chi connectivity index (χ1) is 11.6. The van der Waals surface area contributed by atoms with Gasteiger partial charge in [0, 0.05) is 32.3 Å². The van der Waals surface area contributed by atoms with Gasteiger partial charge >= 0.3 is 29.6 Å². The molecule has 1 heterocycles. The van der Waals surface area contributed by atoms with E-state index in [9.17, 15) is 9.90 Å². The van der Waals surface area contributed by atoms with Crippen LogP contribution in [0, 0.1) is 0 Å². The molecule has 1 N–H and O–H groups in total. The standard InChI is InChI=1S/C18H13ClN2O2S.Na/c19-12-3-7-14(8-4-12)24-15-9-5-13(6-10-15)21-17-16(18(22)23)2-1-11-20-17;/h1-11H,(H,20,21)(H,22,23);/q;+1/p-1. The van der Waals surface area contributed by atoms with Crippen molar-refractivity contribution >= 4 is 40.8 Å². The molecule has 2 aromatic carbocycles. The van der Waals surface area contributed by atoms with Crippen molar-refractivity contribution in [2.45, 2.75) is 9.79 Å². The van der Waals surface area contributed by atoms with Crippen LogP contribution in [-0.4, -0.2) is 11.0 Å². The summed E-state index contributed by atoms with van der Waals surface area (Å²) in [5, 5.41) is 14.8. The number of hydrogen-bond acceptors (Lipinski definition) is 5. The Labute approximate surface area is 176 Å². The molecule has 0 unspecified atom stereocenters. The molecule has 0 amide bonds. The second-order valence-electron chi connectivity index (χ2n) is 4.89. The van der Waals surface area contributed by atoms with Crippen LogP contribution < -0.4 is 40.0 Å². The zero-order valence-corrected chi connectivity index (χ0v) is 17.0. The van der Waals surface area contributed by atoms with Gasteiger partial charge in [-0.25, -0.2) is 4.98 Å². The molecule has 0 spiro atoms. The van der Waals surface area contributed by atoms with Crippen LogP contribution in [0.4, 0.5) is 11.5 Å². The number of carbonyl (C=O) groups is 1. The first-order valence-electron chi connectivity index (χ1n) is 7.09. The summed E-state index contributed by atoms with van der Waals surface area (Å²) in [7, 11) is 0. The Kier molecular flexibility index (Phi) is 7.35. The number of hydrogen-bond donors (Lipinski definition) is 1. The topological polar surface area (TPSA) is 65.0 Å². The number of benzene rings is 2. The van der Waals surface area contributed by atoms with Gasteiger partial charge in [0.05, 0.1) is 5.97 Å². The molecule has 120 valence electrons. The summed E-state index contributed by atoms with van der Waals surface area (Å²) in [6.07, 6.45) is 1.53. The summed E-state index contributed by atoms with van der Waals surface area (Å²) in [6, 6.07) is 18.3. The van der Waals surface area contributed by atoms with Gasteiger partial charge in [-0.05, 0) is 60.7 Å². The fourth-order valence-corrected chi connectivity index (χ4v) is 2.99. The van der Waals surface area contributed by atoms with Gasteiger partial charge in [0.25, 0.3) is 0 Å². The minimum absolute atomic E-state index is 0. The van der Waals surface area contributed by atoms with Crippen LogP contribution >= 0.6 is 23.4 Å². The molecule has 0 aliphatic rings. The van der Waals surface area contributed by atoms with E-state index >= 15 is 0 Å². The maximum Gasteiger partial charge on any atom is 1.00 e. The molecule has 0 saturated heterocycles.